The quantitative estimate of drug-likeness (QED) is 0.295. The van der Waals surface area contributed by atoms with Gasteiger partial charge in [0.25, 0.3) is 0 Å². The van der Waals surface area contributed by atoms with Crippen molar-refractivity contribution in [2.45, 2.75) is 31.0 Å². The maximum absolute atomic E-state index is 12.7. The fourth-order valence-corrected chi connectivity index (χ4v) is 5.22. The maximum atomic E-state index is 12.7. The lowest BCUT2D eigenvalue weighted by Gasteiger charge is -2.28. The smallest absolute Gasteiger partial charge is 0.317 e. The van der Waals surface area contributed by atoms with Crippen molar-refractivity contribution in [3.8, 4) is 0 Å². The summed E-state index contributed by atoms with van der Waals surface area (Å²) in [6.07, 6.45) is 3.84. The largest absolute Gasteiger partial charge is 0.372 e. The second-order valence-electron chi connectivity index (χ2n) is 8.45. The Morgan fingerprint density at radius 3 is 2.42 bits per heavy atom. The number of aromatic amines is 1. The summed E-state index contributed by atoms with van der Waals surface area (Å²) in [6.45, 7) is 3.00. The van der Waals surface area contributed by atoms with Crippen LogP contribution in [0.5, 0.6) is 0 Å². The summed E-state index contributed by atoms with van der Waals surface area (Å²) in [5, 5.41) is 4.03. The average Bonchev–Trinajstić information content (AvgIpc) is 3.22. The molecule has 0 spiro atoms. The molecular weight excluding hydrogens is 428 g/mol. The van der Waals surface area contributed by atoms with Gasteiger partial charge in [-0.05, 0) is 73.0 Å². The average molecular weight is 458 g/mol. The van der Waals surface area contributed by atoms with E-state index in [1.165, 1.54) is 42.3 Å². The first-order valence-corrected chi connectivity index (χ1v) is 12.6. The van der Waals surface area contributed by atoms with E-state index in [9.17, 15) is 4.79 Å². The van der Waals surface area contributed by atoms with E-state index in [-0.39, 0.29) is 5.91 Å². The number of rotatable bonds is 7. The highest BCUT2D eigenvalue weighted by molar-refractivity contribution is 7.99. The van der Waals surface area contributed by atoms with Gasteiger partial charge < -0.3 is 10.2 Å². The molecule has 5 rings (SSSR count). The molecule has 5 nitrogen and oxygen atoms in total. The topological polar surface area (TPSA) is 52.0 Å². The van der Waals surface area contributed by atoms with Crippen LogP contribution in [-0.4, -0.2) is 29.7 Å². The van der Waals surface area contributed by atoms with E-state index < -0.39 is 0 Å². The van der Waals surface area contributed by atoms with Crippen LogP contribution < -0.4 is 14.8 Å². The number of anilines is 2. The van der Waals surface area contributed by atoms with E-state index in [1.54, 1.807) is 0 Å². The van der Waals surface area contributed by atoms with Crippen LogP contribution in [0.3, 0.4) is 0 Å². The summed E-state index contributed by atoms with van der Waals surface area (Å²) in [4.78, 5) is 18.6. The third kappa shape index (κ3) is 5.22. The standard InChI is InChI=1S/C27H28N4OS/c32-26(28-22-13-15-23(16-14-22)30-17-7-2-8-18-30)20-33-27-29-24-11-5-6-12-25(24)31(27)19-21-9-3-1-4-10-21/h1,3-6,9-16H,2,7-8,17-20H2,(H,28,32)/p+1. The summed E-state index contributed by atoms with van der Waals surface area (Å²) in [5.41, 5.74) is 5.52. The van der Waals surface area contributed by atoms with E-state index in [4.69, 9.17) is 0 Å². The van der Waals surface area contributed by atoms with Crippen LogP contribution in [0.4, 0.5) is 11.4 Å². The van der Waals surface area contributed by atoms with Crippen molar-refractivity contribution in [3.63, 3.8) is 0 Å². The van der Waals surface area contributed by atoms with Crippen LogP contribution >= 0.6 is 11.8 Å². The predicted molar refractivity (Wildman–Crippen MR) is 136 cm³/mol. The molecular formula is C27H29N4OS+. The first-order chi connectivity index (χ1) is 16.3. The molecule has 33 heavy (non-hydrogen) atoms. The van der Waals surface area contributed by atoms with Crippen LogP contribution in [0.1, 0.15) is 24.8 Å². The molecule has 1 aliphatic heterocycles. The Morgan fingerprint density at radius 2 is 1.64 bits per heavy atom. The SMILES string of the molecule is O=C(CSc1[nH]c2ccccc2[n+]1Cc1ccccc1)Nc1ccc(N2CCCCC2)cc1. The summed E-state index contributed by atoms with van der Waals surface area (Å²) in [7, 11) is 0. The number of nitrogens with one attached hydrogen (secondary N) is 2. The number of carbonyl (C=O) groups excluding carboxylic acids is 1. The van der Waals surface area contributed by atoms with Crippen LogP contribution in [0.2, 0.25) is 0 Å². The first-order valence-electron chi connectivity index (χ1n) is 11.6. The molecule has 6 heteroatoms. The third-order valence-electron chi connectivity index (χ3n) is 6.08. The van der Waals surface area contributed by atoms with Gasteiger partial charge in [0.15, 0.2) is 11.0 Å². The van der Waals surface area contributed by atoms with Crippen LogP contribution in [-0.2, 0) is 11.3 Å². The van der Waals surface area contributed by atoms with Crippen molar-refractivity contribution in [1.29, 1.82) is 0 Å². The van der Waals surface area contributed by atoms with Crippen molar-refractivity contribution in [2.24, 2.45) is 0 Å². The zero-order valence-corrected chi connectivity index (χ0v) is 19.5. The van der Waals surface area contributed by atoms with Gasteiger partial charge in [0, 0.05) is 24.5 Å². The fraction of sp³-hybridized carbons (Fsp3) is 0.259. The molecule has 0 unspecified atom stereocenters. The van der Waals surface area contributed by atoms with Crippen molar-refractivity contribution in [1.82, 2.24) is 4.98 Å². The Labute approximate surface area is 198 Å². The number of carbonyl (C=O) groups is 1. The molecule has 3 aromatic carbocycles. The van der Waals surface area contributed by atoms with E-state index in [0.717, 1.165) is 41.5 Å². The summed E-state index contributed by atoms with van der Waals surface area (Å²) >= 11 is 1.53. The van der Waals surface area contributed by atoms with E-state index in [0.29, 0.717) is 5.75 Å². The number of hydrogen-bond acceptors (Lipinski definition) is 3. The number of benzene rings is 3. The van der Waals surface area contributed by atoms with Crippen LogP contribution in [0.25, 0.3) is 11.0 Å². The summed E-state index contributed by atoms with van der Waals surface area (Å²) in [5.74, 6) is 0.339. The molecule has 1 aliphatic rings. The van der Waals surface area contributed by atoms with E-state index in [2.05, 4.69) is 68.3 Å². The minimum atomic E-state index is -0.00404. The molecule has 0 atom stereocenters. The lowest BCUT2D eigenvalue weighted by atomic mass is 10.1. The highest BCUT2D eigenvalue weighted by Gasteiger charge is 2.20. The Hall–Kier alpha value is -3.25. The Morgan fingerprint density at radius 1 is 0.909 bits per heavy atom. The Bertz CT molecular complexity index is 1210. The molecule has 2 heterocycles. The molecule has 0 saturated carbocycles. The van der Waals surface area contributed by atoms with E-state index >= 15 is 0 Å². The van der Waals surface area contributed by atoms with Crippen molar-refractivity contribution in [3.05, 3.63) is 84.4 Å². The minimum Gasteiger partial charge on any atom is -0.372 e. The number of H-pyrrole nitrogens is 1. The molecule has 0 radical (unpaired) electrons. The van der Waals surface area contributed by atoms with Gasteiger partial charge in [-0.1, -0.05) is 42.5 Å². The molecule has 0 aliphatic carbocycles. The van der Waals surface area contributed by atoms with Crippen molar-refractivity contribution < 1.29 is 9.36 Å². The number of amides is 1. The summed E-state index contributed by atoms with van der Waals surface area (Å²) in [6, 6.07) is 26.9. The number of aromatic nitrogens is 2. The lowest BCUT2D eigenvalue weighted by molar-refractivity contribution is -0.700. The van der Waals surface area contributed by atoms with Gasteiger partial charge >= 0.3 is 5.16 Å². The van der Waals surface area contributed by atoms with Gasteiger partial charge in [-0.15, -0.1) is 0 Å². The fourth-order valence-electron chi connectivity index (χ4n) is 4.38. The molecule has 4 aromatic rings. The van der Waals surface area contributed by atoms with E-state index in [1.807, 2.05) is 30.3 Å². The highest BCUT2D eigenvalue weighted by atomic mass is 32.2. The first kappa shape index (κ1) is 21.6. The van der Waals surface area contributed by atoms with Gasteiger partial charge in [-0.3, -0.25) is 4.79 Å². The normalized spacial score (nSPS) is 13.9. The number of imidazole rings is 1. The van der Waals surface area contributed by atoms with Crippen molar-refractivity contribution in [2.75, 3.05) is 29.1 Å². The maximum Gasteiger partial charge on any atom is 0.317 e. The van der Waals surface area contributed by atoms with Gasteiger partial charge in [0.05, 0.1) is 5.75 Å². The molecule has 1 fully saturated rings. The number of fused-ring (bicyclic) bond motifs is 1. The second kappa shape index (κ2) is 10.1. The van der Waals surface area contributed by atoms with Gasteiger partial charge in [0.1, 0.15) is 6.54 Å². The molecule has 1 amide bonds. The summed E-state index contributed by atoms with van der Waals surface area (Å²) < 4.78 is 2.25. The lowest BCUT2D eigenvalue weighted by Crippen LogP contribution is -2.35. The third-order valence-corrected chi connectivity index (χ3v) is 7.08. The predicted octanol–water partition coefficient (Wildman–Crippen LogP) is 5.22. The van der Waals surface area contributed by atoms with Crippen molar-refractivity contribution >= 4 is 40.1 Å². The van der Waals surface area contributed by atoms with Gasteiger partial charge in [-0.25, -0.2) is 9.55 Å². The molecule has 1 aromatic heterocycles. The Balaban J connectivity index is 1.25. The van der Waals surface area contributed by atoms with Crippen LogP contribution in [0.15, 0.2) is 84.0 Å². The molecule has 168 valence electrons. The zero-order chi connectivity index (χ0) is 22.5. The second-order valence-corrected chi connectivity index (χ2v) is 9.41. The molecule has 0 bridgehead atoms. The molecule has 1 saturated heterocycles. The molecule has 2 N–H and O–H groups in total. The van der Waals surface area contributed by atoms with Gasteiger partial charge in [-0.2, -0.15) is 0 Å². The minimum absolute atomic E-state index is 0.00404. The number of hydrogen-bond donors (Lipinski definition) is 2. The van der Waals surface area contributed by atoms with Crippen LogP contribution in [0, 0.1) is 0 Å². The number of para-hydroxylation sites is 2. The Kier molecular flexibility index (Phi) is 6.63. The zero-order valence-electron chi connectivity index (χ0n) is 18.7. The number of thioether (sulfide) groups is 1. The monoisotopic (exact) mass is 457 g/mol. The number of piperidine rings is 1. The van der Waals surface area contributed by atoms with Gasteiger partial charge in [0.2, 0.25) is 5.91 Å². The number of nitrogens with zero attached hydrogens (tertiary/aromatic N) is 2. The highest BCUT2D eigenvalue weighted by Crippen LogP contribution is 2.23.